The van der Waals surface area contributed by atoms with E-state index in [0.29, 0.717) is 23.3 Å². The summed E-state index contributed by atoms with van der Waals surface area (Å²) in [5.41, 5.74) is 0.974. The van der Waals surface area contributed by atoms with E-state index in [4.69, 9.17) is 11.6 Å². The number of anilines is 1. The van der Waals surface area contributed by atoms with Gasteiger partial charge in [-0.2, -0.15) is 0 Å². The molecule has 1 heterocycles. The van der Waals surface area contributed by atoms with Gasteiger partial charge >= 0.3 is 0 Å². The van der Waals surface area contributed by atoms with Crippen LogP contribution >= 0.6 is 11.6 Å². The van der Waals surface area contributed by atoms with Gasteiger partial charge in [0.1, 0.15) is 22.6 Å². The van der Waals surface area contributed by atoms with Crippen molar-refractivity contribution < 1.29 is 4.39 Å². The lowest BCUT2D eigenvalue weighted by Crippen LogP contribution is -2.05. The molecule has 0 aliphatic carbocycles. The Morgan fingerprint density at radius 2 is 1.89 bits per heavy atom. The fraction of sp³-hybridized carbons (Fsp3) is 0.286. The second-order valence-corrected chi connectivity index (χ2v) is 4.96. The van der Waals surface area contributed by atoms with Crippen LogP contribution in [0.15, 0.2) is 30.3 Å². The van der Waals surface area contributed by atoms with Gasteiger partial charge in [-0.25, -0.2) is 14.4 Å². The van der Waals surface area contributed by atoms with E-state index in [1.807, 2.05) is 13.8 Å². The van der Waals surface area contributed by atoms with Crippen molar-refractivity contribution in [1.29, 1.82) is 0 Å². The molecule has 0 fully saturated rings. The van der Waals surface area contributed by atoms with E-state index in [1.165, 1.54) is 12.1 Å². The SMILES string of the molecule is CC(C)c1nc(Cl)cc(NCc2ccc(F)cc2)n1. The molecule has 0 aliphatic heterocycles. The van der Waals surface area contributed by atoms with Crippen LogP contribution < -0.4 is 5.32 Å². The molecule has 0 unspecified atom stereocenters. The van der Waals surface area contributed by atoms with Crippen molar-refractivity contribution in [1.82, 2.24) is 9.97 Å². The maximum Gasteiger partial charge on any atom is 0.135 e. The van der Waals surface area contributed by atoms with Gasteiger partial charge in [0.05, 0.1) is 0 Å². The standard InChI is InChI=1S/C14H15ClFN3/c1-9(2)14-18-12(15)7-13(19-14)17-8-10-3-5-11(16)6-4-10/h3-7,9H,8H2,1-2H3,(H,17,18,19). The molecule has 0 radical (unpaired) electrons. The third-order valence-corrected chi connectivity index (χ3v) is 2.81. The number of nitrogens with zero attached hydrogens (tertiary/aromatic N) is 2. The molecule has 2 aromatic rings. The predicted octanol–water partition coefficient (Wildman–Crippen LogP) is 4.00. The minimum absolute atomic E-state index is 0.213. The molecule has 100 valence electrons. The fourth-order valence-corrected chi connectivity index (χ4v) is 1.77. The first-order valence-electron chi connectivity index (χ1n) is 6.07. The molecule has 0 spiro atoms. The van der Waals surface area contributed by atoms with Crippen molar-refractivity contribution in [3.05, 3.63) is 52.7 Å². The van der Waals surface area contributed by atoms with Crippen molar-refractivity contribution in [3.63, 3.8) is 0 Å². The highest BCUT2D eigenvalue weighted by atomic mass is 35.5. The van der Waals surface area contributed by atoms with E-state index < -0.39 is 0 Å². The second-order valence-electron chi connectivity index (χ2n) is 4.57. The number of nitrogens with one attached hydrogen (secondary N) is 1. The Morgan fingerprint density at radius 1 is 1.21 bits per heavy atom. The molecular weight excluding hydrogens is 265 g/mol. The average Bonchev–Trinajstić information content (AvgIpc) is 2.37. The van der Waals surface area contributed by atoms with E-state index in [1.54, 1.807) is 18.2 Å². The molecule has 2 rings (SSSR count). The van der Waals surface area contributed by atoms with Gasteiger partial charge in [-0.05, 0) is 17.7 Å². The highest BCUT2D eigenvalue weighted by Gasteiger charge is 2.06. The minimum Gasteiger partial charge on any atom is -0.366 e. The molecule has 0 saturated carbocycles. The Morgan fingerprint density at radius 3 is 2.53 bits per heavy atom. The van der Waals surface area contributed by atoms with Gasteiger partial charge in [0.2, 0.25) is 0 Å². The smallest absolute Gasteiger partial charge is 0.135 e. The van der Waals surface area contributed by atoms with Gasteiger partial charge in [0.25, 0.3) is 0 Å². The van der Waals surface area contributed by atoms with Crippen molar-refractivity contribution in [2.45, 2.75) is 26.3 Å². The molecule has 0 atom stereocenters. The van der Waals surface area contributed by atoms with Gasteiger partial charge in [-0.15, -0.1) is 0 Å². The van der Waals surface area contributed by atoms with Gasteiger partial charge < -0.3 is 5.32 Å². The number of aromatic nitrogens is 2. The Labute approximate surface area is 116 Å². The molecule has 19 heavy (non-hydrogen) atoms. The summed E-state index contributed by atoms with van der Waals surface area (Å²) in [5.74, 6) is 1.35. The minimum atomic E-state index is -0.240. The van der Waals surface area contributed by atoms with Crippen molar-refractivity contribution in [2.75, 3.05) is 5.32 Å². The number of rotatable bonds is 4. The van der Waals surface area contributed by atoms with Crippen LogP contribution in [-0.4, -0.2) is 9.97 Å². The second kappa shape index (κ2) is 5.97. The van der Waals surface area contributed by atoms with Gasteiger partial charge in [-0.3, -0.25) is 0 Å². The Bertz CT molecular complexity index is 555. The molecule has 0 amide bonds. The molecule has 1 N–H and O–H groups in total. The van der Waals surface area contributed by atoms with Crippen LogP contribution in [0.5, 0.6) is 0 Å². The molecule has 3 nitrogen and oxygen atoms in total. The van der Waals surface area contributed by atoms with E-state index in [2.05, 4.69) is 15.3 Å². The summed E-state index contributed by atoms with van der Waals surface area (Å²) < 4.78 is 12.8. The van der Waals surface area contributed by atoms with E-state index in [-0.39, 0.29) is 11.7 Å². The normalized spacial score (nSPS) is 10.8. The van der Waals surface area contributed by atoms with Crippen molar-refractivity contribution in [3.8, 4) is 0 Å². The molecule has 0 aliphatic rings. The molecule has 1 aromatic heterocycles. The largest absolute Gasteiger partial charge is 0.366 e. The first-order valence-corrected chi connectivity index (χ1v) is 6.45. The topological polar surface area (TPSA) is 37.8 Å². The lowest BCUT2D eigenvalue weighted by atomic mass is 10.2. The molecule has 1 aromatic carbocycles. The highest BCUT2D eigenvalue weighted by molar-refractivity contribution is 6.29. The zero-order valence-corrected chi connectivity index (χ0v) is 11.6. The highest BCUT2D eigenvalue weighted by Crippen LogP contribution is 2.17. The summed E-state index contributed by atoms with van der Waals surface area (Å²) in [7, 11) is 0. The van der Waals surface area contributed by atoms with Crippen LogP contribution in [0.2, 0.25) is 5.15 Å². The maximum atomic E-state index is 12.8. The first kappa shape index (κ1) is 13.7. The van der Waals surface area contributed by atoms with Crippen LogP contribution in [0, 0.1) is 5.82 Å². The van der Waals surface area contributed by atoms with Gasteiger partial charge in [0.15, 0.2) is 0 Å². The molecule has 5 heteroatoms. The zero-order valence-electron chi connectivity index (χ0n) is 10.8. The van der Waals surface area contributed by atoms with E-state index in [0.717, 1.165) is 5.56 Å². The zero-order chi connectivity index (χ0) is 13.8. The van der Waals surface area contributed by atoms with Crippen LogP contribution in [0.25, 0.3) is 0 Å². The lowest BCUT2D eigenvalue weighted by Gasteiger charge is -2.09. The van der Waals surface area contributed by atoms with E-state index >= 15 is 0 Å². The molecule has 0 bridgehead atoms. The lowest BCUT2D eigenvalue weighted by molar-refractivity contribution is 0.627. The number of halogens is 2. The summed E-state index contributed by atoms with van der Waals surface area (Å²) in [6.07, 6.45) is 0. The van der Waals surface area contributed by atoms with Crippen LogP contribution in [0.1, 0.15) is 31.2 Å². The summed E-state index contributed by atoms with van der Waals surface area (Å²) >= 11 is 5.96. The van der Waals surface area contributed by atoms with Gasteiger partial charge in [-0.1, -0.05) is 37.6 Å². The van der Waals surface area contributed by atoms with Crippen LogP contribution in [0.4, 0.5) is 10.2 Å². The summed E-state index contributed by atoms with van der Waals surface area (Å²) in [5, 5.41) is 3.58. The molecular formula is C14H15ClFN3. The fourth-order valence-electron chi connectivity index (χ4n) is 1.58. The average molecular weight is 280 g/mol. The van der Waals surface area contributed by atoms with Crippen LogP contribution in [-0.2, 0) is 6.54 Å². The Hall–Kier alpha value is -1.68. The monoisotopic (exact) mass is 279 g/mol. The van der Waals surface area contributed by atoms with Crippen LogP contribution in [0.3, 0.4) is 0 Å². The number of benzene rings is 1. The maximum absolute atomic E-state index is 12.8. The number of hydrogen-bond donors (Lipinski definition) is 1. The predicted molar refractivity (Wildman–Crippen MR) is 74.9 cm³/mol. The third-order valence-electron chi connectivity index (χ3n) is 2.62. The summed E-state index contributed by atoms with van der Waals surface area (Å²) in [6.45, 7) is 4.58. The first-order chi connectivity index (χ1) is 9.04. The van der Waals surface area contributed by atoms with Crippen molar-refractivity contribution >= 4 is 17.4 Å². The van der Waals surface area contributed by atoms with Crippen molar-refractivity contribution in [2.24, 2.45) is 0 Å². The van der Waals surface area contributed by atoms with Gasteiger partial charge in [0, 0.05) is 18.5 Å². The third kappa shape index (κ3) is 3.89. The summed E-state index contributed by atoms with van der Waals surface area (Å²) in [4.78, 5) is 8.55. The quantitative estimate of drug-likeness (QED) is 0.860. The molecule has 0 saturated heterocycles. The van der Waals surface area contributed by atoms with E-state index in [9.17, 15) is 4.39 Å². The number of hydrogen-bond acceptors (Lipinski definition) is 3. The Balaban J connectivity index is 2.08. The Kier molecular flexibility index (Phi) is 4.32. The summed E-state index contributed by atoms with van der Waals surface area (Å²) in [6, 6.07) is 8.01.